The first-order valence-electron chi connectivity index (χ1n) is 11.0. The number of methoxy groups -OCH3 is 1. The summed E-state index contributed by atoms with van der Waals surface area (Å²) in [5.41, 5.74) is 4.47. The first kappa shape index (κ1) is 24.3. The fraction of sp³-hybridized carbons (Fsp3) is 0.400. The van der Waals surface area contributed by atoms with Crippen LogP contribution in [0.4, 0.5) is 4.79 Å². The van der Waals surface area contributed by atoms with Crippen LogP contribution in [0.1, 0.15) is 37.3 Å². The van der Waals surface area contributed by atoms with Gasteiger partial charge in [0.1, 0.15) is 12.6 Å². The Labute approximate surface area is 193 Å². The quantitative estimate of drug-likeness (QED) is 0.508. The van der Waals surface area contributed by atoms with Gasteiger partial charge in [0.05, 0.1) is 6.54 Å². The number of amides is 2. The minimum absolute atomic E-state index is 0.0722. The number of alkyl carbamates (subject to hydrolysis) is 1. The molecule has 2 amide bonds. The van der Waals surface area contributed by atoms with E-state index in [1.165, 1.54) is 7.11 Å². The van der Waals surface area contributed by atoms with Crippen molar-refractivity contribution in [2.75, 3.05) is 20.3 Å². The predicted octanol–water partition coefficient (Wildman–Crippen LogP) is 3.16. The van der Waals surface area contributed by atoms with E-state index in [1.807, 2.05) is 50.2 Å². The highest BCUT2D eigenvalue weighted by atomic mass is 16.5. The Hall–Kier alpha value is -3.39. The molecule has 8 nitrogen and oxygen atoms in total. The molecule has 8 heteroatoms. The normalized spacial score (nSPS) is 14.2. The largest absolute Gasteiger partial charge is 0.480 e. The number of carbonyl (C=O) groups is 3. The summed E-state index contributed by atoms with van der Waals surface area (Å²) >= 11 is 0. The average molecular weight is 455 g/mol. The molecule has 2 atom stereocenters. The smallest absolute Gasteiger partial charge is 0.407 e. The molecule has 1 aliphatic carbocycles. The molecule has 1 aliphatic rings. The Kier molecular flexibility index (Phi) is 8.06. The van der Waals surface area contributed by atoms with Gasteiger partial charge in [-0.1, -0.05) is 62.4 Å². The lowest BCUT2D eigenvalue weighted by Gasteiger charge is -2.21. The second-order valence-corrected chi connectivity index (χ2v) is 8.46. The summed E-state index contributed by atoms with van der Waals surface area (Å²) in [7, 11) is 1.32. The van der Waals surface area contributed by atoms with Crippen LogP contribution >= 0.6 is 0 Å². The van der Waals surface area contributed by atoms with Gasteiger partial charge >= 0.3 is 12.1 Å². The van der Waals surface area contributed by atoms with Gasteiger partial charge < -0.3 is 25.2 Å². The standard InChI is InChI=1S/C25H30N2O6/c1-15(2)12-21(24(29)30)27-23(28)22(32-3)13-26-25(31)33-14-20-18-10-6-4-8-16(18)17-9-5-7-11-19(17)20/h4-11,15,20-22H,12-14H2,1-3H3,(H,26,31)(H,27,28)(H,29,30)/t21-,22?/m0/s1. The number of carboxylic acids is 1. The van der Waals surface area contributed by atoms with Gasteiger partial charge in [-0.2, -0.15) is 0 Å². The van der Waals surface area contributed by atoms with E-state index in [0.29, 0.717) is 0 Å². The Bertz CT molecular complexity index is 960. The SMILES string of the molecule is COC(CNC(=O)OCC1c2ccccc2-c2ccccc21)C(=O)N[C@@H](CC(C)C)C(=O)O. The lowest BCUT2D eigenvalue weighted by atomic mass is 9.98. The van der Waals surface area contributed by atoms with Crippen molar-refractivity contribution in [3.63, 3.8) is 0 Å². The van der Waals surface area contributed by atoms with E-state index in [4.69, 9.17) is 9.47 Å². The highest BCUT2D eigenvalue weighted by Gasteiger charge is 2.30. The molecule has 0 aromatic heterocycles. The minimum Gasteiger partial charge on any atom is -0.480 e. The number of aliphatic carboxylic acids is 1. The first-order chi connectivity index (χ1) is 15.8. The summed E-state index contributed by atoms with van der Waals surface area (Å²) in [6, 6.07) is 15.0. The second-order valence-electron chi connectivity index (χ2n) is 8.46. The van der Waals surface area contributed by atoms with Gasteiger partial charge in [-0.15, -0.1) is 0 Å². The van der Waals surface area contributed by atoms with Crippen LogP contribution in [0.5, 0.6) is 0 Å². The maximum absolute atomic E-state index is 12.4. The molecule has 0 saturated carbocycles. The van der Waals surface area contributed by atoms with Crippen molar-refractivity contribution >= 4 is 18.0 Å². The van der Waals surface area contributed by atoms with Gasteiger partial charge in [0.15, 0.2) is 6.10 Å². The number of benzene rings is 2. The number of hydrogen-bond acceptors (Lipinski definition) is 5. The van der Waals surface area contributed by atoms with Gasteiger partial charge in [-0.05, 0) is 34.6 Å². The number of ether oxygens (including phenoxy) is 2. The molecule has 0 radical (unpaired) electrons. The number of carboxylic acid groups (broad SMARTS) is 1. The summed E-state index contributed by atoms with van der Waals surface area (Å²) in [5.74, 6) is -1.70. The number of hydrogen-bond donors (Lipinski definition) is 3. The molecule has 0 bridgehead atoms. The zero-order valence-electron chi connectivity index (χ0n) is 19.0. The van der Waals surface area contributed by atoms with Gasteiger partial charge in [0.25, 0.3) is 5.91 Å². The molecule has 3 rings (SSSR count). The van der Waals surface area contributed by atoms with Crippen LogP contribution in [0, 0.1) is 5.92 Å². The third-order valence-corrected chi connectivity index (χ3v) is 5.67. The van der Waals surface area contributed by atoms with Crippen LogP contribution in [-0.2, 0) is 19.1 Å². The Morgan fingerprint density at radius 2 is 1.58 bits per heavy atom. The van der Waals surface area contributed by atoms with E-state index in [0.717, 1.165) is 22.3 Å². The second kappa shape index (κ2) is 11.0. The van der Waals surface area contributed by atoms with Crippen LogP contribution in [0.15, 0.2) is 48.5 Å². The van der Waals surface area contributed by atoms with Crippen molar-refractivity contribution < 1.29 is 29.0 Å². The molecular weight excluding hydrogens is 424 g/mol. The third kappa shape index (κ3) is 5.90. The summed E-state index contributed by atoms with van der Waals surface area (Å²) < 4.78 is 10.6. The van der Waals surface area contributed by atoms with E-state index < -0.39 is 30.1 Å². The number of carbonyl (C=O) groups excluding carboxylic acids is 2. The maximum atomic E-state index is 12.4. The molecule has 0 spiro atoms. The molecule has 2 aromatic rings. The van der Waals surface area contributed by atoms with E-state index in [1.54, 1.807) is 0 Å². The van der Waals surface area contributed by atoms with E-state index in [-0.39, 0.29) is 31.4 Å². The maximum Gasteiger partial charge on any atom is 0.407 e. The van der Waals surface area contributed by atoms with Crippen molar-refractivity contribution in [3.05, 3.63) is 59.7 Å². The van der Waals surface area contributed by atoms with Crippen molar-refractivity contribution in [1.29, 1.82) is 0 Å². The molecule has 3 N–H and O–H groups in total. The molecule has 176 valence electrons. The van der Waals surface area contributed by atoms with Crippen LogP contribution < -0.4 is 10.6 Å². The van der Waals surface area contributed by atoms with Crippen molar-refractivity contribution in [2.45, 2.75) is 38.3 Å². The van der Waals surface area contributed by atoms with Gasteiger partial charge in [0, 0.05) is 13.0 Å². The van der Waals surface area contributed by atoms with Crippen LogP contribution in [0.3, 0.4) is 0 Å². The fourth-order valence-corrected chi connectivity index (χ4v) is 4.07. The lowest BCUT2D eigenvalue weighted by molar-refractivity contribution is -0.144. The molecule has 0 heterocycles. The highest BCUT2D eigenvalue weighted by Crippen LogP contribution is 2.44. The van der Waals surface area contributed by atoms with Gasteiger partial charge in [-0.3, -0.25) is 4.79 Å². The molecule has 0 fully saturated rings. The summed E-state index contributed by atoms with van der Waals surface area (Å²) in [4.78, 5) is 36.1. The van der Waals surface area contributed by atoms with Crippen molar-refractivity contribution in [2.24, 2.45) is 5.92 Å². The Balaban J connectivity index is 1.55. The predicted molar refractivity (Wildman–Crippen MR) is 123 cm³/mol. The molecule has 33 heavy (non-hydrogen) atoms. The Morgan fingerprint density at radius 1 is 1.00 bits per heavy atom. The highest BCUT2D eigenvalue weighted by molar-refractivity contribution is 5.87. The first-order valence-corrected chi connectivity index (χ1v) is 11.0. The van der Waals surface area contributed by atoms with Crippen LogP contribution in [0.25, 0.3) is 11.1 Å². The summed E-state index contributed by atoms with van der Waals surface area (Å²) in [6.45, 7) is 3.75. The number of nitrogens with one attached hydrogen (secondary N) is 2. The van der Waals surface area contributed by atoms with Crippen molar-refractivity contribution in [1.82, 2.24) is 10.6 Å². The Morgan fingerprint density at radius 3 is 2.09 bits per heavy atom. The number of fused-ring (bicyclic) bond motifs is 3. The molecule has 1 unspecified atom stereocenters. The van der Waals surface area contributed by atoms with Crippen molar-refractivity contribution in [3.8, 4) is 11.1 Å². The average Bonchev–Trinajstić information content (AvgIpc) is 3.11. The zero-order chi connectivity index (χ0) is 24.0. The van der Waals surface area contributed by atoms with E-state index in [2.05, 4.69) is 22.8 Å². The van der Waals surface area contributed by atoms with E-state index in [9.17, 15) is 19.5 Å². The van der Waals surface area contributed by atoms with Gasteiger partial charge in [0.2, 0.25) is 0 Å². The van der Waals surface area contributed by atoms with Gasteiger partial charge in [-0.25, -0.2) is 9.59 Å². The summed E-state index contributed by atoms with van der Waals surface area (Å²) in [6.07, 6.45) is -1.43. The van der Waals surface area contributed by atoms with Crippen LogP contribution in [0.2, 0.25) is 0 Å². The molecule has 0 aliphatic heterocycles. The minimum atomic E-state index is -1.11. The fourth-order valence-electron chi connectivity index (χ4n) is 4.07. The zero-order valence-corrected chi connectivity index (χ0v) is 19.0. The molecule has 0 saturated heterocycles. The topological polar surface area (TPSA) is 114 Å². The molecular formula is C25H30N2O6. The van der Waals surface area contributed by atoms with Crippen LogP contribution in [-0.4, -0.2) is 55.5 Å². The van der Waals surface area contributed by atoms with E-state index >= 15 is 0 Å². The molecule has 2 aromatic carbocycles. The number of rotatable bonds is 10. The third-order valence-electron chi connectivity index (χ3n) is 5.67. The lowest BCUT2D eigenvalue weighted by Crippen LogP contribution is -2.50. The summed E-state index contributed by atoms with van der Waals surface area (Å²) in [5, 5.41) is 14.3. The monoisotopic (exact) mass is 454 g/mol.